The van der Waals surface area contributed by atoms with Gasteiger partial charge in [-0.1, -0.05) is 18.2 Å². The van der Waals surface area contributed by atoms with Gasteiger partial charge in [0, 0.05) is 44.6 Å². The molecule has 1 aromatic carbocycles. The van der Waals surface area contributed by atoms with Crippen molar-refractivity contribution in [2.45, 2.75) is 24.7 Å². The quantitative estimate of drug-likeness (QED) is 0.488. The molecule has 2 aromatic rings. The summed E-state index contributed by atoms with van der Waals surface area (Å²) in [6.07, 6.45) is 4.43. The molecule has 2 aliphatic rings. The summed E-state index contributed by atoms with van der Waals surface area (Å²) in [6.45, 7) is 6.60. The lowest BCUT2D eigenvalue weighted by atomic mass is 9.95. The molecule has 4 rings (SSSR count). The van der Waals surface area contributed by atoms with Crippen LogP contribution in [0.15, 0.2) is 52.1 Å². The van der Waals surface area contributed by atoms with Gasteiger partial charge in [0.1, 0.15) is 11.6 Å². The average molecular weight is 415 g/mol. The highest BCUT2D eigenvalue weighted by Gasteiger charge is 2.45. The third-order valence-corrected chi connectivity index (χ3v) is 5.91. The van der Waals surface area contributed by atoms with E-state index in [0.29, 0.717) is 6.54 Å². The van der Waals surface area contributed by atoms with Crippen LogP contribution in [0, 0.1) is 5.82 Å². The van der Waals surface area contributed by atoms with E-state index in [1.54, 1.807) is 18.4 Å². The largest absolute Gasteiger partial charge is 0.469 e. The standard InChI is InChI=1S/C23H31FN4O2/c24-21-6-2-1-5-20(21)23(8-9-23)18-27-22(25-10-7-19-4-3-15-30-19)26-11-12-28-13-16-29-17-14-28/h1-6,15H,7-14,16-18H2,(H2,25,26,27). The molecule has 1 saturated heterocycles. The molecule has 1 saturated carbocycles. The molecule has 0 atom stereocenters. The van der Waals surface area contributed by atoms with Crippen LogP contribution < -0.4 is 10.6 Å². The normalized spacial score (nSPS) is 18.9. The first-order chi connectivity index (χ1) is 14.8. The van der Waals surface area contributed by atoms with Gasteiger partial charge in [-0.2, -0.15) is 0 Å². The molecule has 0 amide bonds. The van der Waals surface area contributed by atoms with E-state index in [1.807, 2.05) is 24.3 Å². The maximum absolute atomic E-state index is 14.3. The van der Waals surface area contributed by atoms with Gasteiger partial charge in [-0.15, -0.1) is 0 Å². The van der Waals surface area contributed by atoms with Gasteiger partial charge >= 0.3 is 0 Å². The number of ether oxygens (including phenoxy) is 1. The van der Waals surface area contributed by atoms with Gasteiger partial charge in [-0.05, 0) is 36.6 Å². The molecule has 7 heteroatoms. The minimum atomic E-state index is -0.162. The van der Waals surface area contributed by atoms with Crippen LogP contribution in [0.5, 0.6) is 0 Å². The predicted octanol–water partition coefficient (Wildman–Crippen LogP) is 2.56. The van der Waals surface area contributed by atoms with Crippen molar-refractivity contribution in [2.24, 2.45) is 4.99 Å². The maximum atomic E-state index is 14.3. The van der Waals surface area contributed by atoms with E-state index >= 15 is 0 Å². The molecular weight excluding hydrogens is 383 g/mol. The summed E-state index contributed by atoms with van der Waals surface area (Å²) in [7, 11) is 0. The van der Waals surface area contributed by atoms with Crippen LogP contribution in [-0.2, 0) is 16.6 Å². The fourth-order valence-corrected chi connectivity index (χ4v) is 3.88. The van der Waals surface area contributed by atoms with Crippen LogP contribution in [0.1, 0.15) is 24.2 Å². The fourth-order valence-electron chi connectivity index (χ4n) is 3.88. The number of morpholine rings is 1. The van der Waals surface area contributed by atoms with Crippen molar-refractivity contribution in [3.63, 3.8) is 0 Å². The van der Waals surface area contributed by atoms with Gasteiger partial charge in [-0.25, -0.2) is 4.39 Å². The maximum Gasteiger partial charge on any atom is 0.191 e. The molecule has 1 aliphatic carbocycles. The zero-order valence-corrected chi connectivity index (χ0v) is 17.4. The van der Waals surface area contributed by atoms with Gasteiger partial charge in [0.05, 0.1) is 26.0 Å². The Kier molecular flexibility index (Phi) is 7.02. The average Bonchev–Trinajstić information content (AvgIpc) is 3.37. The van der Waals surface area contributed by atoms with Crippen molar-refractivity contribution >= 4 is 5.96 Å². The van der Waals surface area contributed by atoms with Gasteiger partial charge in [-0.3, -0.25) is 9.89 Å². The van der Waals surface area contributed by atoms with Gasteiger partial charge in [0.2, 0.25) is 0 Å². The second-order valence-electron chi connectivity index (χ2n) is 8.06. The Morgan fingerprint density at radius 2 is 1.87 bits per heavy atom. The van der Waals surface area contributed by atoms with Crippen molar-refractivity contribution in [2.75, 3.05) is 52.5 Å². The lowest BCUT2D eigenvalue weighted by Gasteiger charge is -2.26. The SMILES string of the molecule is Fc1ccccc1C1(CN=C(NCCc2ccco2)NCCN2CCOCC2)CC1. The van der Waals surface area contributed by atoms with Crippen LogP contribution in [0.25, 0.3) is 0 Å². The van der Waals surface area contributed by atoms with E-state index in [1.165, 1.54) is 0 Å². The Bertz CT molecular complexity index is 814. The number of hydrogen-bond acceptors (Lipinski definition) is 4. The smallest absolute Gasteiger partial charge is 0.191 e. The molecule has 2 fully saturated rings. The molecule has 30 heavy (non-hydrogen) atoms. The number of guanidine groups is 1. The molecule has 6 nitrogen and oxygen atoms in total. The van der Waals surface area contributed by atoms with Crippen LogP contribution >= 0.6 is 0 Å². The first-order valence-corrected chi connectivity index (χ1v) is 10.8. The number of nitrogens with one attached hydrogen (secondary N) is 2. The monoisotopic (exact) mass is 414 g/mol. The summed E-state index contributed by atoms with van der Waals surface area (Å²) in [5.74, 6) is 1.59. The van der Waals surface area contributed by atoms with Crippen LogP contribution in [0.4, 0.5) is 4.39 Å². The highest BCUT2D eigenvalue weighted by atomic mass is 19.1. The molecule has 2 heterocycles. The second-order valence-corrected chi connectivity index (χ2v) is 8.06. The lowest BCUT2D eigenvalue weighted by Crippen LogP contribution is -2.45. The van der Waals surface area contributed by atoms with Crippen molar-refractivity contribution < 1.29 is 13.5 Å². The van der Waals surface area contributed by atoms with Gasteiger partial charge in [0.15, 0.2) is 5.96 Å². The summed E-state index contributed by atoms with van der Waals surface area (Å²) in [5.41, 5.74) is 0.627. The Morgan fingerprint density at radius 3 is 2.60 bits per heavy atom. The van der Waals surface area contributed by atoms with E-state index in [-0.39, 0.29) is 11.2 Å². The molecular formula is C23H31FN4O2. The second kappa shape index (κ2) is 10.1. The molecule has 0 spiro atoms. The van der Waals surface area contributed by atoms with Crippen molar-refractivity contribution in [3.05, 3.63) is 59.8 Å². The Morgan fingerprint density at radius 1 is 1.07 bits per heavy atom. The van der Waals surface area contributed by atoms with Crippen LogP contribution in [0.2, 0.25) is 0 Å². The summed E-state index contributed by atoms with van der Waals surface area (Å²) in [5, 5.41) is 6.85. The zero-order valence-electron chi connectivity index (χ0n) is 17.4. The topological polar surface area (TPSA) is 62.0 Å². The molecule has 1 aromatic heterocycles. The highest BCUT2D eigenvalue weighted by molar-refractivity contribution is 5.79. The van der Waals surface area contributed by atoms with E-state index in [0.717, 1.165) is 82.5 Å². The number of benzene rings is 1. The van der Waals surface area contributed by atoms with Crippen molar-refractivity contribution in [1.29, 1.82) is 0 Å². The summed E-state index contributed by atoms with van der Waals surface area (Å²) in [6, 6.07) is 11.0. The summed E-state index contributed by atoms with van der Waals surface area (Å²) in [4.78, 5) is 7.22. The van der Waals surface area contributed by atoms with Crippen molar-refractivity contribution in [1.82, 2.24) is 15.5 Å². The molecule has 0 bridgehead atoms. The Hall–Kier alpha value is -2.38. The molecule has 162 valence electrons. The zero-order chi connectivity index (χ0) is 20.7. The first-order valence-electron chi connectivity index (χ1n) is 10.8. The van der Waals surface area contributed by atoms with Gasteiger partial charge < -0.3 is 19.8 Å². The number of aliphatic imine (C=N–C) groups is 1. The van der Waals surface area contributed by atoms with E-state index in [2.05, 4.69) is 15.5 Å². The number of rotatable bonds is 9. The molecule has 2 N–H and O–H groups in total. The predicted molar refractivity (Wildman–Crippen MR) is 115 cm³/mol. The van der Waals surface area contributed by atoms with Crippen LogP contribution in [-0.4, -0.2) is 63.3 Å². The van der Waals surface area contributed by atoms with E-state index in [4.69, 9.17) is 14.1 Å². The first kappa shape index (κ1) is 20.9. The lowest BCUT2D eigenvalue weighted by molar-refractivity contribution is 0.0389. The number of nitrogens with zero attached hydrogens (tertiary/aromatic N) is 2. The van der Waals surface area contributed by atoms with E-state index in [9.17, 15) is 4.39 Å². The minimum absolute atomic E-state index is 0.127. The fraction of sp³-hybridized carbons (Fsp3) is 0.522. The Labute approximate surface area is 177 Å². The molecule has 0 unspecified atom stereocenters. The van der Waals surface area contributed by atoms with E-state index < -0.39 is 0 Å². The summed E-state index contributed by atoms with van der Waals surface area (Å²) < 4.78 is 25.1. The van der Waals surface area contributed by atoms with Gasteiger partial charge in [0.25, 0.3) is 0 Å². The summed E-state index contributed by atoms with van der Waals surface area (Å²) >= 11 is 0. The number of halogens is 1. The number of furan rings is 1. The highest BCUT2D eigenvalue weighted by Crippen LogP contribution is 2.49. The Balaban J connectivity index is 1.34. The minimum Gasteiger partial charge on any atom is -0.469 e. The molecule has 0 radical (unpaired) electrons. The molecule has 1 aliphatic heterocycles. The number of hydrogen-bond donors (Lipinski definition) is 2. The van der Waals surface area contributed by atoms with Crippen molar-refractivity contribution in [3.8, 4) is 0 Å². The van der Waals surface area contributed by atoms with Crippen LogP contribution in [0.3, 0.4) is 0 Å². The third kappa shape index (κ3) is 5.61. The third-order valence-electron chi connectivity index (χ3n) is 5.91.